The van der Waals surface area contributed by atoms with Gasteiger partial charge in [0.05, 0.1) is 14.2 Å². The van der Waals surface area contributed by atoms with E-state index in [9.17, 15) is 4.79 Å². The van der Waals surface area contributed by atoms with Gasteiger partial charge in [0.1, 0.15) is 6.61 Å². The lowest BCUT2D eigenvalue weighted by atomic mass is 9.75. The Morgan fingerprint density at radius 3 is 2.30 bits per heavy atom. The van der Waals surface area contributed by atoms with Gasteiger partial charge < -0.3 is 19.1 Å². The summed E-state index contributed by atoms with van der Waals surface area (Å²) in [5, 5.41) is 0. The molecule has 1 saturated carbocycles. The molecule has 0 spiro atoms. The number of nitrogens with zero attached hydrogens (tertiary/aromatic N) is 1. The van der Waals surface area contributed by atoms with E-state index in [0.717, 1.165) is 31.0 Å². The summed E-state index contributed by atoms with van der Waals surface area (Å²) in [5.41, 5.74) is 1.64. The van der Waals surface area contributed by atoms with Gasteiger partial charge in [0.2, 0.25) is 5.75 Å². The highest BCUT2D eigenvalue weighted by molar-refractivity contribution is 5.95. The minimum absolute atomic E-state index is 0.0465. The van der Waals surface area contributed by atoms with Gasteiger partial charge in [-0.1, -0.05) is 49.6 Å². The van der Waals surface area contributed by atoms with Crippen molar-refractivity contribution in [2.75, 3.05) is 27.3 Å². The van der Waals surface area contributed by atoms with Crippen LogP contribution >= 0.6 is 0 Å². The minimum Gasteiger partial charge on any atom is -0.493 e. The summed E-state index contributed by atoms with van der Waals surface area (Å²) in [6, 6.07) is 13.5. The fourth-order valence-corrected chi connectivity index (χ4v) is 4.84. The number of carbonyl (C=O) groups excluding carboxylic acids is 1. The zero-order chi connectivity index (χ0) is 20.9. The van der Waals surface area contributed by atoms with Gasteiger partial charge in [-0.15, -0.1) is 0 Å². The number of rotatable bonds is 6. The van der Waals surface area contributed by atoms with Crippen molar-refractivity contribution in [1.29, 1.82) is 0 Å². The second kappa shape index (κ2) is 9.41. The van der Waals surface area contributed by atoms with Gasteiger partial charge >= 0.3 is 0 Å². The molecular formula is C25H31NO4. The first-order valence-electron chi connectivity index (χ1n) is 10.9. The van der Waals surface area contributed by atoms with Crippen molar-refractivity contribution in [2.24, 2.45) is 11.8 Å². The Bertz CT molecular complexity index is 842. The van der Waals surface area contributed by atoms with Crippen LogP contribution in [0.5, 0.6) is 17.2 Å². The Labute approximate surface area is 178 Å². The van der Waals surface area contributed by atoms with Crippen LogP contribution < -0.4 is 14.2 Å². The molecule has 1 aliphatic carbocycles. The van der Waals surface area contributed by atoms with E-state index in [2.05, 4.69) is 0 Å². The Balaban J connectivity index is 1.52. The lowest BCUT2D eigenvalue weighted by Crippen LogP contribution is -2.44. The zero-order valence-electron chi connectivity index (χ0n) is 17.9. The average molecular weight is 410 g/mol. The molecule has 1 heterocycles. The molecule has 30 heavy (non-hydrogen) atoms. The van der Waals surface area contributed by atoms with Crippen LogP contribution in [0.25, 0.3) is 0 Å². The Hall–Kier alpha value is -2.69. The number of fused-ring (bicyclic) bond motifs is 1. The predicted octanol–water partition coefficient (Wildman–Crippen LogP) is 4.94. The van der Waals surface area contributed by atoms with Crippen LogP contribution in [0.15, 0.2) is 42.5 Å². The third-order valence-electron chi connectivity index (χ3n) is 6.51. The van der Waals surface area contributed by atoms with Gasteiger partial charge in [-0.05, 0) is 42.4 Å². The van der Waals surface area contributed by atoms with E-state index in [1.54, 1.807) is 26.4 Å². The molecule has 2 aliphatic rings. The molecular weight excluding hydrogens is 378 g/mol. The van der Waals surface area contributed by atoms with Crippen LogP contribution in [0.2, 0.25) is 0 Å². The van der Waals surface area contributed by atoms with E-state index in [-0.39, 0.29) is 5.91 Å². The van der Waals surface area contributed by atoms with Crippen molar-refractivity contribution < 1.29 is 19.0 Å². The first kappa shape index (κ1) is 20.6. The number of piperidine rings is 1. The maximum absolute atomic E-state index is 13.3. The van der Waals surface area contributed by atoms with Crippen molar-refractivity contribution in [3.63, 3.8) is 0 Å². The van der Waals surface area contributed by atoms with Crippen LogP contribution in [0.3, 0.4) is 0 Å². The van der Waals surface area contributed by atoms with Crippen LogP contribution in [0, 0.1) is 11.8 Å². The first-order valence-corrected chi connectivity index (χ1v) is 10.9. The first-order chi connectivity index (χ1) is 14.7. The Morgan fingerprint density at radius 1 is 0.967 bits per heavy atom. The van der Waals surface area contributed by atoms with Crippen molar-refractivity contribution in [3.8, 4) is 17.2 Å². The molecule has 0 aromatic heterocycles. The highest BCUT2D eigenvalue weighted by Gasteiger charge is 2.33. The average Bonchev–Trinajstić information content (AvgIpc) is 2.82. The van der Waals surface area contributed by atoms with Crippen molar-refractivity contribution in [3.05, 3.63) is 53.6 Å². The molecule has 2 aromatic carbocycles. The standard InChI is InChI=1S/C25H31NO4/c1-28-22-14-21(25(27)26-13-12-19-10-6-7-11-20(19)16-26)15-23(29-2)24(22)30-17-18-8-4-3-5-9-18/h3-5,8-9,14-15,19-20H,6-7,10-13,16-17H2,1-2H3/t19-,20-/m1/s1. The third kappa shape index (κ3) is 4.40. The van der Waals surface area contributed by atoms with Crippen LogP contribution in [-0.4, -0.2) is 38.1 Å². The van der Waals surface area contributed by atoms with Crippen LogP contribution in [0.4, 0.5) is 0 Å². The van der Waals surface area contributed by atoms with Crippen molar-refractivity contribution in [1.82, 2.24) is 4.90 Å². The van der Waals surface area contributed by atoms with Gasteiger partial charge in [-0.3, -0.25) is 4.79 Å². The number of carbonyl (C=O) groups is 1. The van der Waals surface area contributed by atoms with E-state index in [1.807, 2.05) is 35.2 Å². The molecule has 5 nitrogen and oxygen atoms in total. The third-order valence-corrected chi connectivity index (χ3v) is 6.51. The van der Waals surface area contributed by atoms with E-state index < -0.39 is 0 Å². The molecule has 1 amide bonds. The molecule has 2 aromatic rings. The predicted molar refractivity (Wildman–Crippen MR) is 116 cm³/mol. The van der Waals surface area contributed by atoms with E-state index >= 15 is 0 Å². The number of methoxy groups -OCH3 is 2. The summed E-state index contributed by atoms with van der Waals surface area (Å²) < 4.78 is 17.1. The highest BCUT2D eigenvalue weighted by Crippen LogP contribution is 2.40. The molecule has 0 bridgehead atoms. The quantitative estimate of drug-likeness (QED) is 0.678. The molecule has 5 heteroatoms. The summed E-state index contributed by atoms with van der Waals surface area (Å²) in [6.45, 7) is 2.09. The topological polar surface area (TPSA) is 48.0 Å². The molecule has 0 radical (unpaired) electrons. The van der Waals surface area contributed by atoms with Gasteiger partial charge in [-0.25, -0.2) is 0 Å². The SMILES string of the molecule is COc1cc(C(=O)N2CC[C@H]3CCCC[C@@H]3C2)cc(OC)c1OCc1ccccc1. The molecule has 1 saturated heterocycles. The van der Waals surface area contributed by atoms with E-state index in [1.165, 1.54) is 25.7 Å². The monoisotopic (exact) mass is 409 g/mol. The highest BCUT2D eigenvalue weighted by atomic mass is 16.5. The lowest BCUT2D eigenvalue weighted by molar-refractivity contribution is 0.0520. The fourth-order valence-electron chi connectivity index (χ4n) is 4.84. The molecule has 1 aliphatic heterocycles. The van der Waals surface area contributed by atoms with Crippen molar-refractivity contribution in [2.45, 2.75) is 38.7 Å². The van der Waals surface area contributed by atoms with Crippen molar-refractivity contribution >= 4 is 5.91 Å². The van der Waals surface area contributed by atoms with Gasteiger partial charge in [-0.2, -0.15) is 0 Å². The number of hydrogen-bond acceptors (Lipinski definition) is 4. The van der Waals surface area contributed by atoms with Crippen LogP contribution in [-0.2, 0) is 6.61 Å². The summed E-state index contributed by atoms with van der Waals surface area (Å²) >= 11 is 0. The Morgan fingerprint density at radius 2 is 1.63 bits per heavy atom. The molecule has 0 N–H and O–H groups in total. The van der Waals surface area contributed by atoms with Crippen LogP contribution in [0.1, 0.15) is 48.0 Å². The molecule has 2 fully saturated rings. The summed E-state index contributed by atoms with van der Waals surface area (Å²) in [5.74, 6) is 3.04. The van der Waals surface area contributed by atoms with Gasteiger partial charge in [0, 0.05) is 18.7 Å². The number of amides is 1. The minimum atomic E-state index is 0.0465. The van der Waals surface area contributed by atoms with E-state index in [0.29, 0.717) is 35.3 Å². The number of hydrogen-bond donors (Lipinski definition) is 0. The number of benzene rings is 2. The number of ether oxygens (including phenoxy) is 3. The molecule has 4 rings (SSSR count). The molecule has 0 unspecified atom stereocenters. The van der Waals surface area contributed by atoms with E-state index in [4.69, 9.17) is 14.2 Å². The second-order valence-electron chi connectivity index (χ2n) is 8.33. The number of likely N-dealkylation sites (tertiary alicyclic amines) is 1. The lowest BCUT2D eigenvalue weighted by Gasteiger charge is -2.41. The second-order valence-corrected chi connectivity index (χ2v) is 8.33. The summed E-state index contributed by atoms with van der Waals surface area (Å²) in [7, 11) is 3.18. The van der Waals surface area contributed by atoms with Gasteiger partial charge in [0.15, 0.2) is 11.5 Å². The summed E-state index contributed by atoms with van der Waals surface area (Å²) in [4.78, 5) is 15.3. The smallest absolute Gasteiger partial charge is 0.254 e. The maximum atomic E-state index is 13.3. The molecule has 160 valence electrons. The normalized spacial score (nSPS) is 20.9. The molecule has 2 atom stereocenters. The largest absolute Gasteiger partial charge is 0.493 e. The summed E-state index contributed by atoms with van der Waals surface area (Å²) in [6.07, 6.45) is 6.31. The van der Waals surface area contributed by atoms with Gasteiger partial charge in [0.25, 0.3) is 5.91 Å². The maximum Gasteiger partial charge on any atom is 0.254 e. The fraction of sp³-hybridized carbons (Fsp3) is 0.480. The zero-order valence-corrected chi connectivity index (χ0v) is 17.9. The Kier molecular flexibility index (Phi) is 6.46.